The second kappa shape index (κ2) is 4.20. The van der Waals surface area contributed by atoms with Crippen molar-refractivity contribution in [3.8, 4) is 11.3 Å². The normalized spacial score (nSPS) is 10.8. The first-order chi connectivity index (χ1) is 8.04. The van der Waals surface area contributed by atoms with Gasteiger partial charge in [-0.1, -0.05) is 18.6 Å². The molecule has 0 bridgehead atoms. The molecule has 0 aliphatic heterocycles. The van der Waals surface area contributed by atoms with E-state index in [2.05, 4.69) is 4.98 Å². The molecule has 0 saturated heterocycles. The first-order valence-corrected chi connectivity index (χ1v) is 5.62. The smallest absolute Gasteiger partial charge is 0.132 e. The largest absolute Gasteiger partial charge is 0.383 e. The SMILES string of the molecule is CCc1nc(-c2cc(C)ccc2F)c(N)n1C. The molecule has 0 saturated carbocycles. The van der Waals surface area contributed by atoms with Crippen LogP contribution in [0.3, 0.4) is 0 Å². The molecule has 1 aromatic carbocycles. The summed E-state index contributed by atoms with van der Waals surface area (Å²) in [6.07, 6.45) is 0.772. The molecular formula is C13H16FN3. The van der Waals surface area contributed by atoms with Crippen molar-refractivity contribution < 1.29 is 4.39 Å². The van der Waals surface area contributed by atoms with Crippen molar-refractivity contribution in [2.24, 2.45) is 7.05 Å². The van der Waals surface area contributed by atoms with Gasteiger partial charge in [-0.05, 0) is 19.1 Å². The molecule has 0 aliphatic rings. The number of hydrogen-bond donors (Lipinski definition) is 1. The van der Waals surface area contributed by atoms with Crippen LogP contribution in [0.4, 0.5) is 10.2 Å². The van der Waals surface area contributed by atoms with E-state index in [9.17, 15) is 4.39 Å². The van der Waals surface area contributed by atoms with Crippen LogP contribution in [0.5, 0.6) is 0 Å². The van der Waals surface area contributed by atoms with Gasteiger partial charge in [0, 0.05) is 19.0 Å². The molecule has 0 unspecified atom stereocenters. The summed E-state index contributed by atoms with van der Waals surface area (Å²) in [4.78, 5) is 4.40. The van der Waals surface area contributed by atoms with Crippen LogP contribution in [-0.2, 0) is 13.5 Å². The van der Waals surface area contributed by atoms with Crippen LogP contribution >= 0.6 is 0 Å². The van der Waals surface area contributed by atoms with Gasteiger partial charge < -0.3 is 10.3 Å². The molecule has 0 radical (unpaired) electrons. The maximum absolute atomic E-state index is 13.8. The Morgan fingerprint density at radius 1 is 1.41 bits per heavy atom. The zero-order chi connectivity index (χ0) is 12.6. The summed E-state index contributed by atoms with van der Waals surface area (Å²) < 4.78 is 15.6. The fourth-order valence-corrected chi connectivity index (χ4v) is 1.89. The summed E-state index contributed by atoms with van der Waals surface area (Å²) in [5.41, 5.74) is 7.96. The Kier molecular flexibility index (Phi) is 2.88. The predicted octanol–water partition coefficient (Wildman–Crippen LogP) is 2.68. The van der Waals surface area contributed by atoms with Crippen LogP contribution in [0.25, 0.3) is 11.3 Å². The third-order valence-electron chi connectivity index (χ3n) is 2.93. The van der Waals surface area contributed by atoms with Crippen LogP contribution in [0.1, 0.15) is 18.3 Å². The molecule has 0 spiro atoms. The van der Waals surface area contributed by atoms with Gasteiger partial charge >= 0.3 is 0 Å². The Bertz CT molecular complexity index is 558. The number of aromatic nitrogens is 2. The van der Waals surface area contributed by atoms with E-state index in [1.165, 1.54) is 6.07 Å². The molecule has 1 heterocycles. The molecule has 0 aliphatic carbocycles. The second-order valence-electron chi connectivity index (χ2n) is 4.16. The molecule has 0 fully saturated rings. The lowest BCUT2D eigenvalue weighted by Crippen LogP contribution is -2.00. The number of benzene rings is 1. The average Bonchev–Trinajstić information content (AvgIpc) is 2.59. The van der Waals surface area contributed by atoms with E-state index in [4.69, 9.17) is 5.73 Å². The Balaban J connectivity index is 2.64. The van der Waals surface area contributed by atoms with Crippen molar-refractivity contribution in [2.75, 3.05) is 5.73 Å². The van der Waals surface area contributed by atoms with Crippen molar-refractivity contribution in [2.45, 2.75) is 20.3 Å². The third kappa shape index (κ3) is 1.90. The molecule has 3 nitrogen and oxygen atoms in total. The summed E-state index contributed by atoms with van der Waals surface area (Å²) in [5, 5.41) is 0. The molecule has 0 amide bonds. The van der Waals surface area contributed by atoms with Gasteiger partial charge in [-0.15, -0.1) is 0 Å². The minimum atomic E-state index is -0.289. The van der Waals surface area contributed by atoms with Crippen molar-refractivity contribution in [3.63, 3.8) is 0 Å². The number of aryl methyl sites for hydroxylation is 2. The van der Waals surface area contributed by atoms with Gasteiger partial charge in [0.15, 0.2) is 0 Å². The number of hydrogen-bond acceptors (Lipinski definition) is 2. The summed E-state index contributed by atoms with van der Waals surface area (Å²) in [6.45, 7) is 3.92. The van der Waals surface area contributed by atoms with Gasteiger partial charge in [-0.2, -0.15) is 0 Å². The van der Waals surface area contributed by atoms with Gasteiger partial charge in [0.25, 0.3) is 0 Å². The highest BCUT2D eigenvalue weighted by atomic mass is 19.1. The average molecular weight is 233 g/mol. The number of halogens is 1. The van der Waals surface area contributed by atoms with E-state index in [-0.39, 0.29) is 5.82 Å². The Morgan fingerprint density at radius 2 is 2.12 bits per heavy atom. The summed E-state index contributed by atoms with van der Waals surface area (Å²) in [5.74, 6) is 1.08. The van der Waals surface area contributed by atoms with E-state index < -0.39 is 0 Å². The zero-order valence-electron chi connectivity index (χ0n) is 10.3. The standard InChI is InChI=1S/C13H16FN3/c1-4-11-16-12(13(15)17(11)3)9-7-8(2)5-6-10(9)14/h5-7H,4,15H2,1-3H3. The minimum absolute atomic E-state index is 0.289. The van der Waals surface area contributed by atoms with Crippen LogP contribution in [0, 0.1) is 12.7 Å². The first kappa shape index (κ1) is 11.6. The first-order valence-electron chi connectivity index (χ1n) is 5.62. The maximum Gasteiger partial charge on any atom is 0.132 e. The predicted molar refractivity (Wildman–Crippen MR) is 67.1 cm³/mol. The van der Waals surface area contributed by atoms with Crippen LogP contribution in [-0.4, -0.2) is 9.55 Å². The van der Waals surface area contributed by atoms with Gasteiger partial charge in [0.05, 0.1) is 0 Å². The molecular weight excluding hydrogens is 217 g/mol. The van der Waals surface area contributed by atoms with Crippen LogP contribution in [0.2, 0.25) is 0 Å². The lowest BCUT2D eigenvalue weighted by atomic mass is 10.1. The molecule has 0 atom stereocenters. The Hall–Kier alpha value is -1.84. The minimum Gasteiger partial charge on any atom is -0.383 e. The van der Waals surface area contributed by atoms with Crippen molar-refractivity contribution in [3.05, 3.63) is 35.4 Å². The summed E-state index contributed by atoms with van der Waals surface area (Å²) >= 11 is 0. The number of anilines is 1. The fraction of sp³-hybridized carbons (Fsp3) is 0.308. The van der Waals surface area contributed by atoms with Gasteiger partial charge in [-0.3, -0.25) is 0 Å². The lowest BCUT2D eigenvalue weighted by molar-refractivity contribution is 0.630. The third-order valence-corrected chi connectivity index (χ3v) is 2.93. The second-order valence-corrected chi connectivity index (χ2v) is 4.16. The number of nitrogens with two attached hydrogens (primary N) is 1. The molecule has 1 aromatic heterocycles. The monoisotopic (exact) mass is 233 g/mol. The van der Waals surface area contributed by atoms with E-state index in [0.717, 1.165) is 17.8 Å². The summed E-state index contributed by atoms with van der Waals surface area (Å²) in [7, 11) is 1.85. The van der Waals surface area contributed by atoms with E-state index in [0.29, 0.717) is 17.1 Å². The molecule has 2 N–H and O–H groups in total. The summed E-state index contributed by atoms with van der Waals surface area (Å²) in [6, 6.07) is 4.95. The van der Waals surface area contributed by atoms with Crippen molar-refractivity contribution in [1.29, 1.82) is 0 Å². The van der Waals surface area contributed by atoms with E-state index >= 15 is 0 Å². The van der Waals surface area contributed by atoms with Gasteiger partial charge in [0.1, 0.15) is 23.2 Å². The molecule has 90 valence electrons. The Labute approximate surface area is 100 Å². The molecule has 2 aromatic rings. The highest BCUT2D eigenvalue weighted by Crippen LogP contribution is 2.28. The van der Waals surface area contributed by atoms with E-state index in [1.54, 1.807) is 16.7 Å². The van der Waals surface area contributed by atoms with Crippen molar-refractivity contribution >= 4 is 5.82 Å². The highest BCUT2D eigenvalue weighted by molar-refractivity contribution is 5.72. The quantitative estimate of drug-likeness (QED) is 0.866. The topological polar surface area (TPSA) is 43.8 Å². The van der Waals surface area contributed by atoms with E-state index in [1.807, 2.05) is 20.9 Å². The van der Waals surface area contributed by atoms with Crippen LogP contribution in [0.15, 0.2) is 18.2 Å². The number of imidazole rings is 1. The van der Waals surface area contributed by atoms with Crippen molar-refractivity contribution in [1.82, 2.24) is 9.55 Å². The van der Waals surface area contributed by atoms with Gasteiger partial charge in [0.2, 0.25) is 0 Å². The number of nitrogens with zero attached hydrogens (tertiary/aromatic N) is 2. The van der Waals surface area contributed by atoms with Gasteiger partial charge in [-0.25, -0.2) is 9.37 Å². The fourth-order valence-electron chi connectivity index (χ4n) is 1.89. The lowest BCUT2D eigenvalue weighted by Gasteiger charge is -2.03. The highest BCUT2D eigenvalue weighted by Gasteiger charge is 2.15. The zero-order valence-corrected chi connectivity index (χ0v) is 10.3. The molecule has 4 heteroatoms. The van der Waals surface area contributed by atoms with Crippen LogP contribution < -0.4 is 5.73 Å². The number of nitrogen functional groups attached to an aromatic ring is 1. The Morgan fingerprint density at radius 3 is 2.71 bits per heavy atom. The molecule has 17 heavy (non-hydrogen) atoms. The molecule has 2 rings (SSSR count). The number of rotatable bonds is 2. The maximum atomic E-state index is 13.8.